The Bertz CT molecular complexity index is 1310. The highest BCUT2D eigenvalue weighted by Crippen LogP contribution is 2.43. The summed E-state index contributed by atoms with van der Waals surface area (Å²) in [5, 5.41) is 9.17. The first-order chi connectivity index (χ1) is 19.1. The van der Waals surface area contributed by atoms with Gasteiger partial charge in [0.25, 0.3) is 5.91 Å². The van der Waals surface area contributed by atoms with E-state index in [2.05, 4.69) is 24.7 Å². The van der Waals surface area contributed by atoms with E-state index in [1.807, 2.05) is 36.0 Å². The molecular weight excluding hydrogens is 518 g/mol. The van der Waals surface area contributed by atoms with Crippen molar-refractivity contribution >= 4 is 35.1 Å². The zero-order chi connectivity index (χ0) is 26.8. The molecule has 1 amide bonds. The van der Waals surface area contributed by atoms with E-state index in [4.69, 9.17) is 25.6 Å². The number of amides is 1. The van der Waals surface area contributed by atoms with Gasteiger partial charge in [0.15, 0.2) is 5.82 Å². The second kappa shape index (κ2) is 11.3. The molecule has 3 aromatic rings. The van der Waals surface area contributed by atoms with Gasteiger partial charge in [-0.25, -0.2) is 25.4 Å². The molecule has 1 atom stereocenters. The number of hydroxylamine groups is 1. The molecule has 6 rings (SSSR count). The van der Waals surface area contributed by atoms with Gasteiger partial charge in [0.05, 0.1) is 29.4 Å². The molecular formula is C26H31N9O3S. The van der Waals surface area contributed by atoms with Crippen LogP contribution >= 0.6 is 11.8 Å². The average Bonchev–Trinajstić information content (AvgIpc) is 3.40. The quantitative estimate of drug-likeness (QED) is 0.231. The molecule has 0 spiro atoms. The Morgan fingerprint density at radius 1 is 1.03 bits per heavy atom. The number of hydrogen-bond acceptors (Lipinski definition) is 12. The number of nitrogens with zero attached hydrogens (tertiary/aromatic N) is 7. The van der Waals surface area contributed by atoms with Gasteiger partial charge in [-0.2, -0.15) is 0 Å². The molecule has 4 N–H and O–H groups in total. The maximum Gasteiger partial charge on any atom is 0.277 e. The number of carbonyl (C=O) groups is 1. The average molecular weight is 550 g/mol. The van der Waals surface area contributed by atoms with Gasteiger partial charge < -0.3 is 20.3 Å². The van der Waals surface area contributed by atoms with Crippen LogP contribution in [0.2, 0.25) is 0 Å². The second-order valence-electron chi connectivity index (χ2n) is 9.81. The van der Waals surface area contributed by atoms with Crippen LogP contribution in [0.25, 0.3) is 11.4 Å². The van der Waals surface area contributed by atoms with Crippen molar-refractivity contribution in [1.82, 2.24) is 30.3 Å². The standard InChI is InChI=1S/C26H31N9O3S/c27-19-3-1-17(2-4-19)23-30-21-13-20(39-22(21)24(31-23)34-9-11-38-12-10-34)16-33-5-7-35(8-6-33)26-28-14-18(15-29-26)25(36)32-37/h1-4,14-15,20,37H,5-13,16,27H2,(H,32,36). The van der Waals surface area contributed by atoms with Crippen LogP contribution in [0.5, 0.6) is 0 Å². The van der Waals surface area contributed by atoms with Gasteiger partial charge in [-0.15, -0.1) is 11.8 Å². The number of piperazine rings is 1. The molecule has 1 aromatic carbocycles. The number of thioether (sulfide) groups is 1. The van der Waals surface area contributed by atoms with E-state index in [1.165, 1.54) is 17.3 Å². The van der Waals surface area contributed by atoms with Crippen molar-refractivity contribution < 1.29 is 14.7 Å². The predicted molar refractivity (Wildman–Crippen MR) is 148 cm³/mol. The largest absolute Gasteiger partial charge is 0.399 e. The molecule has 2 aromatic heterocycles. The van der Waals surface area contributed by atoms with Crippen molar-refractivity contribution in [2.75, 3.05) is 74.6 Å². The molecule has 1 unspecified atom stereocenters. The molecule has 2 saturated heterocycles. The van der Waals surface area contributed by atoms with Gasteiger partial charge >= 0.3 is 0 Å². The zero-order valence-electron chi connectivity index (χ0n) is 21.5. The van der Waals surface area contributed by atoms with Gasteiger partial charge in [-0.3, -0.25) is 14.9 Å². The lowest BCUT2D eigenvalue weighted by molar-refractivity contribution is 0.0705. The highest BCUT2D eigenvalue weighted by Gasteiger charge is 2.32. The van der Waals surface area contributed by atoms with Crippen LogP contribution in [0.1, 0.15) is 16.1 Å². The molecule has 5 heterocycles. The summed E-state index contributed by atoms with van der Waals surface area (Å²) < 4.78 is 5.60. The lowest BCUT2D eigenvalue weighted by Gasteiger charge is -2.35. The van der Waals surface area contributed by atoms with Crippen LogP contribution in [-0.4, -0.2) is 100 Å². The molecule has 204 valence electrons. The number of benzene rings is 1. The van der Waals surface area contributed by atoms with Gasteiger partial charge in [-0.05, 0) is 24.3 Å². The van der Waals surface area contributed by atoms with Crippen LogP contribution in [-0.2, 0) is 11.2 Å². The monoisotopic (exact) mass is 549 g/mol. The van der Waals surface area contributed by atoms with Crippen LogP contribution in [0.3, 0.4) is 0 Å². The van der Waals surface area contributed by atoms with E-state index in [0.717, 1.165) is 80.8 Å². The maximum absolute atomic E-state index is 11.5. The Morgan fingerprint density at radius 3 is 2.44 bits per heavy atom. The number of nitrogens with one attached hydrogen (secondary N) is 1. The van der Waals surface area contributed by atoms with Gasteiger partial charge in [0.2, 0.25) is 5.95 Å². The number of nitrogens with two attached hydrogens (primary N) is 1. The maximum atomic E-state index is 11.5. The molecule has 0 saturated carbocycles. The fourth-order valence-corrected chi connectivity index (χ4v) is 6.51. The summed E-state index contributed by atoms with van der Waals surface area (Å²) >= 11 is 1.89. The van der Waals surface area contributed by atoms with Gasteiger partial charge in [-0.1, -0.05) is 0 Å². The summed E-state index contributed by atoms with van der Waals surface area (Å²) in [6.07, 6.45) is 3.76. The third-order valence-corrected chi connectivity index (χ3v) is 8.52. The summed E-state index contributed by atoms with van der Waals surface area (Å²) in [6.45, 7) is 7.42. The Hall–Kier alpha value is -3.52. The van der Waals surface area contributed by atoms with E-state index in [9.17, 15) is 4.79 Å². The van der Waals surface area contributed by atoms with E-state index in [-0.39, 0.29) is 5.56 Å². The molecule has 0 radical (unpaired) electrons. The lowest BCUT2D eigenvalue weighted by Crippen LogP contribution is -2.48. The lowest BCUT2D eigenvalue weighted by atomic mass is 10.1. The first-order valence-electron chi connectivity index (χ1n) is 13.1. The molecule has 0 bridgehead atoms. The molecule has 13 heteroatoms. The Labute approximate surface area is 230 Å². The number of carbonyl (C=O) groups excluding carboxylic acids is 1. The number of aromatic nitrogens is 4. The van der Waals surface area contributed by atoms with E-state index >= 15 is 0 Å². The minimum atomic E-state index is -0.622. The number of rotatable bonds is 6. The number of nitrogen functional groups attached to an aromatic ring is 1. The number of anilines is 3. The molecule has 0 aliphatic carbocycles. The SMILES string of the molecule is Nc1ccc(-c2nc3c(c(N4CCOCC4)n2)SC(CN2CCN(c4ncc(C(=O)NO)cn4)CC2)C3)cc1. The third-order valence-electron chi connectivity index (χ3n) is 7.22. The topological polar surface area (TPSA) is 146 Å². The molecule has 39 heavy (non-hydrogen) atoms. The van der Waals surface area contributed by atoms with Crippen molar-refractivity contribution in [3.8, 4) is 11.4 Å². The summed E-state index contributed by atoms with van der Waals surface area (Å²) in [5.41, 5.74) is 10.5. The number of hydrogen-bond donors (Lipinski definition) is 3. The van der Waals surface area contributed by atoms with E-state index < -0.39 is 5.91 Å². The number of morpholine rings is 1. The second-order valence-corrected chi connectivity index (χ2v) is 11.1. The molecule has 3 aliphatic heterocycles. The summed E-state index contributed by atoms with van der Waals surface area (Å²) in [5.74, 6) is 1.73. The minimum Gasteiger partial charge on any atom is -0.399 e. The number of fused-ring (bicyclic) bond motifs is 1. The van der Waals surface area contributed by atoms with Crippen LogP contribution < -0.4 is 21.0 Å². The number of ether oxygens (including phenoxy) is 1. The first kappa shape index (κ1) is 25.7. The van der Waals surface area contributed by atoms with Gasteiger partial charge in [0.1, 0.15) is 5.82 Å². The molecule has 3 aliphatic rings. The Balaban J connectivity index is 1.13. The summed E-state index contributed by atoms with van der Waals surface area (Å²) in [7, 11) is 0. The van der Waals surface area contributed by atoms with Crippen molar-refractivity contribution in [3.63, 3.8) is 0 Å². The third kappa shape index (κ3) is 5.62. The normalized spacial score (nSPS) is 19.7. The van der Waals surface area contributed by atoms with Crippen LogP contribution in [0.15, 0.2) is 41.6 Å². The van der Waals surface area contributed by atoms with Gasteiger partial charge in [0, 0.05) is 81.1 Å². The highest BCUT2D eigenvalue weighted by atomic mass is 32.2. The summed E-state index contributed by atoms with van der Waals surface area (Å²) in [6, 6.07) is 7.75. The summed E-state index contributed by atoms with van der Waals surface area (Å²) in [4.78, 5) is 38.3. The van der Waals surface area contributed by atoms with E-state index in [1.54, 1.807) is 5.48 Å². The Morgan fingerprint density at radius 2 is 1.74 bits per heavy atom. The zero-order valence-corrected chi connectivity index (χ0v) is 22.3. The highest BCUT2D eigenvalue weighted by molar-refractivity contribution is 8.00. The Kier molecular flexibility index (Phi) is 7.46. The molecule has 2 fully saturated rings. The van der Waals surface area contributed by atoms with Crippen molar-refractivity contribution in [1.29, 1.82) is 0 Å². The van der Waals surface area contributed by atoms with E-state index in [0.29, 0.717) is 24.4 Å². The van der Waals surface area contributed by atoms with Crippen molar-refractivity contribution in [3.05, 3.63) is 47.9 Å². The fraction of sp³-hybridized carbons (Fsp3) is 0.423. The minimum absolute atomic E-state index is 0.219. The first-order valence-corrected chi connectivity index (χ1v) is 14.0. The fourth-order valence-electron chi connectivity index (χ4n) is 5.10. The van der Waals surface area contributed by atoms with Crippen molar-refractivity contribution in [2.45, 2.75) is 16.6 Å². The smallest absolute Gasteiger partial charge is 0.277 e. The van der Waals surface area contributed by atoms with Crippen LogP contribution in [0, 0.1) is 0 Å². The van der Waals surface area contributed by atoms with Crippen LogP contribution in [0.4, 0.5) is 17.5 Å². The molecule has 12 nitrogen and oxygen atoms in total. The predicted octanol–water partition coefficient (Wildman–Crippen LogP) is 1.31. The van der Waals surface area contributed by atoms with Crippen molar-refractivity contribution in [2.24, 2.45) is 0 Å².